The van der Waals surface area contributed by atoms with Gasteiger partial charge in [-0.15, -0.1) is 0 Å². The summed E-state index contributed by atoms with van der Waals surface area (Å²) in [5.41, 5.74) is 5.06. The first kappa shape index (κ1) is 17.6. The molecule has 3 rings (SSSR count). The van der Waals surface area contributed by atoms with Crippen molar-refractivity contribution in [3.8, 4) is 0 Å². The quantitative estimate of drug-likeness (QED) is 0.612. The summed E-state index contributed by atoms with van der Waals surface area (Å²) in [5, 5.41) is 3.20. The van der Waals surface area contributed by atoms with Gasteiger partial charge in [0.05, 0.1) is 12.2 Å². The predicted octanol–water partition coefficient (Wildman–Crippen LogP) is 2.99. The first-order valence-electron chi connectivity index (χ1n) is 8.37. The topological polar surface area (TPSA) is 76.1 Å². The second kappa shape index (κ2) is 9.29. The zero-order valence-electron chi connectivity index (χ0n) is 14.3. The summed E-state index contributed by atoms with van der Waals surface area (Å²) in [7, 11) is 0. The molecule has 0 aliphatic rings. The van der Waals surface area contributed by atoms with Gasteiger partial charge in [-0.3, -0.25) is 14.6 Å². The van der Waals surface area contributed by atoms with Crippen molar-refractivity contribution in [1.29, 1.82) is 0 Å². The fraction of sp³-hybridized carbons (Fsp3) is 0.150. The lowest BCUT2D eigenvalue weighted by molar-refractivity contribution is 0.0234. The van der Waals surface area contributed by atoms with Crippen molar-refractivity contribution in [3.05, 3.63) is 89.9 Å². The average molecular weight is 348 g/mol. The van der Waals surface area contributed by atoms with Crippen LogP contribution in [0.5, 0.6) is 0 Å². The molecule has 2 N–H and O–H groups in total. The maximum atomic E-state index is 12.4. The van der Waals surface area contributed by atoms with E-state index in [1.165, 1.54) is 5.56 Å². The molecule has 0 saturated heterocycles. The summed E-state index contributed by atoms with van der Waals surface area (Å²) in [6.45, 7) is 0.962. The number of anilines is 1. The summed E-state index contributed by atoms with van der Waals surface area (Å²) in [4.78, 5) is 25.9. The first-order chi connectivity index (χ1) is 12.8. The molecule has 0 saturated carbocycles. The Morgan fingerprint density at radius 2 is 1.73 bits per heavy atom. The van der Waals surface area contributed by atoms with Crippen molar-refractivity contribution in [2.75, 3.05) is 11.9 Å². The van der Waals surface area contributed by atoms with Gasteiger partial charge in [-0.2, -0.15) is 0 Å². The third kappa shape index (κ3) is 5.12. The van der Waals surface area contributed by atoms with Crippen molar-refractivity contribution in [2.24, 2.45) is 0 Å². The number of nitrogens with one attached hydrogen (secondary N) is 2. The largest absolute Gasteiger partial charge is 0.369 e. The molecule has 26 heavy (non-hydrogen) atoms. The van der Waals surface area contributed by atoms with E-state index in [4.69, 9.17) is 4.84 Å². The molecule has 132 valence electrons. The van der Waals surface area contributed by atoms with Crippen molar-refractivity contribution in [2.45, 2.75) is 13.0 Å². The molecule has 2 heterocycles. The minimum atomic E-state index is -0.333. The van der Waals surface area contributed by atoms with Gasteiger partial charge in [0.15, 0.2) is 0 Å². The summed E-state index contributed by atoms with van der Waals surface area (Å²) in [6.07, 6.45) is 5.99. The van der Waals surface area contributed by atoms with Crippen LogP contribution in [0.4, 0.5) is 5.82 Å². The second-order valence-corrected chi connectivity index (χ2v) is 5.64. The number of hydroxylamine groups is 1. The standard InChI is InChI=1S/C20H20N4O2/c25-20(24-26-15-17-5-2-1-3-6-17)18-7-4-11-22-19(18)23-14-10-16-8-12-21-13-9-16/h1-9,11-13H,10,14-15H2,(H,22,23)(H,24,25). The molecule has 1 aromatic carbocycles. The Hall–Kier alpha value is -3.25. The summed E-state index contributed by atoms with van der Waals surface area (Å²) in [5.74, 6) is 0.197. The van der Waals surface area contributed by atoms with Crippen molar-refractivity contribution in [1.82, 2.24) is 15.4 Å². The summed E-state index contributed by atoms with van der Waals surface area (Å²) < 4.78 is 0. The highest BCUT2D eigenvalue weighted by molar-refractivity contribution is 5.98. The van der Waals surface area contributed by atoms with Gasteiger partial charge >= 0.3 is 0 Å². The maximum Gasteiger partial charge on any atom is 0.278 e. The minimum Gasteiger partial charge on any atom is -0.369 e. The number of rotatable bonds is 8. The Kier molecular flexibility index (Phi) is 6.28. The molecular weight excluding hydrogens is 328 g/mol. The van der Waals surface area contributed by atoms with Gasteiger partial charge in [0.1, 0.15) is 5.82 Å². The van der Waals surface area contributed by atoms with Crippen molar-refractivity contribution >= 4 is 11.7 Å². The number of carbonyl (C=O) groups excluding carboxylic acids is 1. The van der Waals surface area contributed by atoms with Crippen LogP contribution in [0, 0.1) is 0 Å². The third-order valence-corrected chi connectivity index (χ3v) is 3.75. The Labute approximate surface area is 152 Å². The average Bonchev–Trinajstić information content (AvgIpc) is 2.70. The molecule has 6 heteroatoms. The lowest BCUT2D eigenvalue weighted by Crippen LogP contribution is -2.25. The molecule has 0 aliphatic carbocycles. The number of hydrogen-bond acceptors (Lipinski definition) is 5. The number of hydrogen-bond donors (Lipinski definition) is 2. The monoisotopic (exact) mass is 348 g/mol. The Morgan fingerprint density at radius 1 is 0.923 bits per heavy atom. The number of pyridine rings is 2. The number of amides is 1. The van der Waals surface area contributed by atoms with Crippen molar-refractivity contribution in [3.63, 3.8) is 0 Å². The highest BCUT2D eigenvalue weighted by Crippen LogP contribution is 2.12. The van der Waals surface area contributed by atoms with Crippen LogP contribution in [0.15, 0.2) is 73.2 Å². The van der Waals surface area contributed by atoms with E-state index in [0.717, 1.165) is 12.0 Å². The van der Waals surface area contributed by atoms with Gasteiger partial charge in [0, 0.05) is 25.1 Å². The van der Waals surface area contributed by atoms with E-state index in [0.29, 0.717) is 24.5 Å². The molecule has 0 atom stereocenters. The summed E-state index contributed by atoms with van der Waals surface area (Å²) in [6, 6.07) is 17.0. The van der Waals surface area contributed by atoms with Gasteiger partial charge in [-0.05, 0) is 41.8 Å². The molecule has 0 radical (unpaired) electrons. The number of benzene rings is 1. The molecule has 0 bridgehead atoms. The van der Waals surface area contributed by atoms with Crippen LogP contribution in [0.3, 0.4) is 0 Å². The smallest absolute Gasteiger partial charge is 0.278 e. The number of nitrogens with zero attached hydrogens (tertiary/aromatic N) is 2. The van der Waals surface area contributed by atoms with Gasteiger partial charge in [-0.25, -0.2) is 10.5 Å². The zero-order valence-corrected chi connectivity index (χ0v) is 14.3. The van der Waals surface area contributed by atoms with Crippen LogP contribution in [0.25, 0.3) is 0 Å². The predicted molar refractivity (Wildman–Crippen MR) is 99.4 cm³/mol. The van der Waals surface area contributed by atoms with Gasteiger partial charge in [0.2, 0.25) is 0 Å². The Bertz CT molecular complexity index is 825. The Morgan fingerprint density at radius 3 is 2.54 bits per heavy atom. The van der Waals surface area contributed by atoms with Crippen LogP contribution in [0.1, 0.15) is 21.5 Å². The normalized spacial score (nSPS) is 10.3. The van der Waals surface area contributed by atoms with Crippen LogP contribution < -0.4 is 10.8 Å². The fourth-order valence-corrected chi connectivity index (χ4v) is 2.42. The van der Waals surface area contributed by atoms with E-state index >= 15 is 0 Å². The van der Waals surface area contributed by atoms with E-state index in [-0.39, 0.29) is 5.91 Å². The fourth-order valence-electron chi connectivity index (χ4n) is 2.42. The van der Waals surface area contributed by atoms with Crippen LogP contribution >= 0.6 is 0 Å². The van der Waals surface area contributed by atoms with Gasteiger partial charge < -0.3 is 5.32 Å². The zero-order chi connectivity index (χ0) is 18.0. The third-order valence-electron chi connectivity index (χ3n) is 3.75. The molecule has 6 nitrogen and oxygen atoms in total. The Balaban J connectivity index is 1.53. The van der Waals surface area contributed by atoms with Crippen LogP contribution in [0.2, 0.25) is 0 Å². The molecule has 0 unspecified atom stereocenters. The van der Waals surface area contributed by atoms with E-state index in [9.17, 15) is 4.79 Å². The van der Waals surface area contributed by atoms with Gasteiger partial charge in [-0.1, -0.05) is 30.3 Å². The summed E-state index contributed by atoms with van der Waals surface area (Å²) >= 11 is 0. The molecule has 0 aliphatic heterocycles. The highest BCUT2D eigenvalue weighted by atomic mass is 16.6. The minimum absolute atomic E-state index is 0.303. The lowest BCUT2D eigenvalue weighted by Gasteiger charge is -2.11. The van der Waals surface area contributed by atoms with Crippen LogP contribution in [-0.2, 0) is 17.9 Å². The van der Waals surface area contributed by atoms with Gasteiger partial charge in [0.25, 0.3) is 5.91 Å². The molecular formula is C20H20N4O2. The maximum absolute atomic E-state index is 12.4. The molecule has 3 aromatic rings. The molecule has 2 aromatic heterocycles. The lowest BCUT2D eigenvalue weighted by atomic mass is 10.2. The number of aromatic nitrogens is 2. The van der Waals surface area contributed by atoms with Crippen LogP contribution in [-0.4, -0.2) is 22.4 Å². The number of carbonyl (C=O) groups is 1. The first-order valence-corrected chi connectivity index (χ1v) is 8.37. The van der Waals surface area contributed by atoms with E-state index < -0.39 is 0 Å². The van der Waals surface area contributed by atoms with E-state index in [2.05, 4.69) is 20.8 Å². The van der Waals surface area contributed by atoms with E-state index in [1.54, 1.807) is 30.7 Å². The second-order valence-electron chi connectivity index (χ2n) is 5.64. The SMILES string of the molecule is O=C(NOCc1ccccc1)c1cccnc1NCCc1ccncc1. The molecule has 1 amide bonds. The molecule has 0 fully saturated rings. The highest BCUT2D eigenvalue weighted by Gasteiger charge is 2.12. The molecule has 0 spiro atoms. The van der Waals surface area contributed by atoms with Crippen molar-refractivity contribution < 1.29 is 9.63 Å². The van der Waals surface area contributed by atoms with E-state index in [1.807, 2.05) is 42.5 Å².